The third-order valence-corrected chi connectivity index (χ3v) is 6.08. The summed E-state index contributed by atoms with van der Waals surface area (Å²) < 4.78 is 26.4. The van der Waals surface area contributed by atoms with Crippen LogP contribution in [0, 0.1) is 11.3 Å². The van der Waals surface area contributed by atoms with Crippen molar-refractivity contribution in [2.45, 2.75) is 38.5 Å². The van der Waals surface area contributed by atoms with Crippen LogP contribution in [0.15, 0.2) is 17.2 Å². The molecule has 2 heterocycles. The number of H-pyrrole nitrogens is 1. The van der Waals surface area contributed by atoms with Crippen molar-refractivity contribution in [1.82, 2.24) is 9.29 Å². The second kappa shape index (κ2) is 5.46. The van der Waals surface area contributed by atoms with Crippen molar-refractivity contribution in [3.05, 3.63) is 18.0 Å². The van der Waals surface area contributed by atoms with E-state index in [1.165, 1.54) is 16.6 Å². The minimum atomic E-state index is -3.60. The lowest BCUT2D eigenvalue weighted by atomic mass is 9.76. The molecule has 1 saturated heterocycles. The minimum Gasteiger partial charge on any atom is -0.477 e. The highest BCUT2D eigenvalue weighted by molar-refractivity contribution is 7.89. The van der Waals surface area contributed by atoms with E-state index in [0.29, 0.717) is 19.0 Å². The molecule has 1 aromatic rings. The van der Waals surface area contributed by atoms with E-state index >= 15 is 0 Å². The molecule has 0 aliphatic carbocycles. The van der Waals surface area contributed by atoms with Crippen LogP contribution in [0.5, 0.6) is 0 Å². The Kier molecular flexibility index (Phi) is 4.17. The van der Waals surface area contributed by atoms with Gasteiger partial charge in [-0.2, -0.15) is 4.31 Å². The van der Waals surface area contributed by atoms with Crippen LogP contribution in [0.1, 0.15) is 44.1 Å². The molecule has 2 rings (SSSR count). The van der Waals surface area contributed by atoms with E-state index in [4.69, 9.17) is 5.11 Å². The number of hydrogen-bond donors (Lipinski definition) is 2. The van der Waals surface area contributed by atoms with Gasteiger partial charge >= 0.3 is 5.97 Å². The standard InChI is InChI=1S/C14H22N2O4S/c1-14(2,3)10-4-6-16(7-5-10)21(19,20)11-8-12(13(17)18)15-9-11/h8-10,15H,4-7H2,1-3H3,(H,17,18). The van der Waals surface area contributed by atoms with Gasteiger partial charge in [0.15, 0.2) is 0 Å². The van der Waals surface area contributed by atoms with E-state index in [1.54, 1.807) is 0 Å². The summed E-state index contributed by atoms with van der Waals surface area (Å²) >= 11 is 0. The summed E-state index contributed by atoms with van der Waals surface area (Å²) in [7, 11) is -3.60. The van der Waals surface area contributed by atoms with Crippen LogP contribution in [0.3, 0.4) is 0 Å². The van der Waals surface area contributed by atoms with Crippen LogP contribution in [0.4, 0.5) is 0 Å². The Hall–Kier alpha value is -1.34. The zero-order chi connectivity index (χ0) is 15.8. The van der Waals surface area contributed by atoms with Crippen molar-refractivity contribution in [2.24, 2.45) is 11.3 Å². The molecule has 21 heavy (non-hydrogen) atoms. The van der Waals surface area contributed by atoms with Gasteiger partial charge < -0.3 is 10.1 Å². The summed E-state index contributed by atoms with van der Waals surface area (Å²) in [6.45, 7) is 7.49. The first-order chi connectivity index (χ1) is 9.62. The summed E-state index contributed by atoms with van der Waals surface area (Å²) in [5.74, 6) is -0.660. The Morgan fingerprint density at radius 2 is 1.90 bits per heavy atom. The molecule has 0 bridgehead atoms. The lowest BCUT2D eigenvalue weighted by Crippen LogP contribution is -2.41. The lowest BCUT2D eigenvalue weighted by Gasteiger charge is -2.38. The molecule has 0 amide bonds. The summed E-state index contributed by atoms with van der Waals surface area (Å²) in [4.78, 5) is 13.3. The fourth-order valence-electron chi connectivity index (χ4n) is 2.76. The number of rotatable bonds is 3. The van der Waals surface area contributed by atoms with Gasteiger partial charge in [0.05, 0.1) is 0 Å². The molecule has 0 atom stereocenters. The predicted molar refractivity (Wildman–Crippen MR) is 78.7 cm³/mol. The Labute approximate surface area is 125 Å². The maximum Gasteiger partial charge on any atom is 0.352 e. The maximum absolute atomic E-state index is 12.5. The number of nitrogens with one attached hydrogen (secondary N) is 1. The molecule has 7 heteroatoms. The van der Waals surface area contributed by atoms with E-state index in [2.05, 4.69) is 25.8 Å². The quantitative estimate of drug-likeness (QED) is 0.894. The molecular formula is C14H22N2O4S. The van der Waals surface area contributed by atoms with Gasteiger partial charge in [-0.25, -0.2) is 13.2 Å². The molecule has 1 aliphatic rings. The molecule has 0 radical (unpaired) electrons. The fourth-order valence-corrected chi connectivity index (χ4v) is 4.22. The van der Waals surface area contributed by atoms with Crippen LogP contribution in [-0.2, 0) is 10.0 Å². The van der Waals surface area contributed by atoms with Crippen molar-refractivity contribution in [2.75, 3.05) is 13.1 Å². The van der Waals surface area contributed by atoms with Gasteiger partial charge in [0, 0.05) is 19.3 Å². The van der Waals surface area contributed by atoms with E-state index in [0.717, 1.165) is 12.8 Å². The van der Waals surface area contributed by atoms with Crippen molar-refractivity contribution in [1.29, 1.82) is 0 Å². The second-order valence-electron chi connectivity index (χ2n) is 6.60. The third kappa shape index (κ3) is 3.29. The predicted octanol–water partition coefficient (Wildman–Crippen LogP) is 2.16. The lowest BCUT2D eigenvalue weighted by molar-refractivity contribution is 0.0691. The highest BCUT2D eigenvalue weighted by atomic mass is 32.2. The molecule has 6 nitrogen and oxygen atoms in total. The zero-order valence-corrected chi connectivity index (χ0v) is 13.4. The number of piperidine rings is 1. The number of carboxylic acids is 1. The van der Waals surface area contributed by atoms with Crippen LogP contribution in [0.2, 0.25) is 0 Å². The SMILES string of the molecule is CC(C)(C)C1CCN(S(=O)(=O)c2c[nH]c(C(=O)O)c2)CC1. The van der Waals surface area contributed by atoms with Gasteiger partial charge in [-0.3, -0.25) is 0 Å². The Morgan fingerprint density at radius 3 is 2.33 bits per heavy atom. The minimum absolute atomic E-state index is 0.0223. The van der Waals surface area contributed by atoms with Crippen molar-refractivity contribution in [3.63, 3.8) is 0 Å². The maximum atomic E-state index is 12.5. The Balaban J connectivity index is 2.13. The largest absolute Gasteiger partial charge is 0.477 e. The van der Waals surface area contributed by atoms with Gasteiger partial charge in [-0.05, 0) is 30.2 Å². The molecule has 1 aromatic heterocycles. The first-order valence-electron chi connectivity index (χ1n) is 7.04. The van der Waals surface area contributed by atoms with Crippen LogP contribution in [0.25, 0.3) is 0 Å². The highest BCUT2D eigenvalue weighted by Gasteiger charge is 2.34. The average molecular weight is 314 g/mol. The number of aromatic amines is 1. The topological polar surface area (TPSA) is 90.5 Å². The van der Waals surface area contributed by atoms with Crippen LogP contribution >= 0.6 is 0 Å². The fraction of sp³-hybridized carbons (Fsp3) is 0.643. The van der Waals surface area contributed by atoms with Gasteiger partial charge in [-0.1, -0.05) is 20.8 Å². The number of aromatic nitrogens is 1. The molecule has 0 spiro atoms. The van der Waals surface area contributed by atoms with E-state index in [9.17, 15) is 13.2 Å². The van der Waals surface area contributed by atoms with E-state index in [1.807, 2.05) is 0 Å². The van der Waals surface area contributed by atoms with Crippen molar-refractivity contribution >= 4 is 16.0 Å². The highest BCUT2D eigenvalue weighted by Crippen LogP contribution is 2.35. The summed E-state index contributed by atoms with van der Waals surface area (Å²) in [6.07, 6.45) is 2.91. The first-order valence-corrected chi connectivity index (χ1v) is 8.48. The number of sulfonamides is 1. The van der Waals surface area contributed by atoms with E-state index < -0.39 is 16.0 Å². The molecule has 0 aromatic carbocycles. The van der Waals surface area contributed by atoms with Crippen molar-refractivity contribution < 1.29 is 18.3 Å². The smallest absolute Gasteiger partial charge is 0.352 e. The van der Waals surface area contributed by atoms with Crippen LogP contribution in [-0.4, -0.2) is 41.9 Å². The van der Waals surface area contributed by atoms with E-state index in [-0.39, 0.29) is 16.0 Å². The second-order valence-corrected chi connectivity index (χ2v) is 8.54. The molecule has 1 aliphatic heterocycles. The van der Waals surface area contributed by atoms with Crippen LogP contribution < -0.4 is 0 Å². The van der Waals surface area contributed by atoms with Crippen molar-refractivity contribution in [3.8, 4) is 0 Å². The summed E-state index contributed by atoms with van der Waals surface area (Å²) in [5.41, 5.74) is 0.0681. The van der Waals surface area contributed by atoms with Gasteiger partial charge in [-0.15, -0.1) is 0 Å². The molecule has 118 valence electrons. The normalized spacial score (nSPS) is 18.8. The van der Waals surface area contributed by atoms with Gasteiger partial charge in [0.25, 0.3) is 0 Å². The Morgan fingerprint density at radius 1 is 1.33 bits per heavy atom. The monoisotopic (exact) mass is 314 g/mol. The molecule has 1 fully saturated rings. The summed E-state index contributed by atoms with van der Waals surface area (Å²) in [5, 5.41) is 8.86. The molecule has 0 unspecified atom stereocenters. The molecular weight excluding hydrogens is 292 g/mol. The summed E-state index contributed by atoms with van der Waals surface area (Å²) in [6, 6.07) is 1.17. The van der Waals surface area contributed by atoms with Gasteiger partial charge in [0.2, 0.25) is 10.0 Å². The third-order valence-electron chi connectivity index (χ3n) is 4.20. The first kappa shape index (κ1) is 16.0. The zero-order valence-electron chi connectivity index (χ0n) is 12.6. The van der Waals surface area contributed by atoms with Gasteiger partial charge in [0.1, 0.15) is 10.6 Å². The Bertz CT molecular complexity index is 620. The number of aromatic carboxylic acids is 1. The number of carboxylic acid groups (broad SMARTS) is 1. The molecule has 2 N–H and O–H groups in total. The molecule has 0 saturated carbocycles. The number of hydrogen-bond acceptors (Lipinski definition) is 3. The number of nitrogens with zero attached hydrogens (tertiary/aromatic N) is 1. The number of carbonyl (C=O) groups is 1. The average Bonchev–Trinajstić information content (AvgIpc) is 2.88.